The van der Waals surface area contributed by atoms with Crippen LogP contribution in [0.15, 0.2) is 88.0 Å². The Bertz CT molecular complexity index is 2520. The molecule has 4 rings (SSSR count). The number of amides is 1. The molecule has 39 nitrogen and oxygen atoms in total. The highest BCUT2D eigenvalue weighted by atomic mass is 16.7. The second kappa shape index (κ2) is 36.1. The fourth-order valence-corrected chi connectivity index (χ4v) is 7.82. The lowest BCUT2D eigenvalue weighted by atomic mass is 9.98. The van der Waals surface area contributed by atoms with Crippen molar-refractivity contribution >= 4 is 5.91 Å². The summed E-state index contributed by atoms with van der Waals surface area (Å²) in [6.07, 6.45) is -44.5. The number of ether oxygens (including phenoxy) is 8. The number of aliphatic hydroxyl groups excluding tert-OH is 26. The van der Waals surface area contributed by atoms with Crippen LogP contribution >= 0.6 is 0 Å². The minimum atomic E-state index is -2.88. The Labute approximate surface area is 490 Å². The van der Waals surface area contributed by atoms with Crippen molar-refractivity contribution in [2.75, 3.05) is 39.6 Å². The number of hydrogen-bond donors (Lipinski definition) is 27. The first kappa shape index (κ1) is 74.8. The highest BCUT2D eigenvalue weighted by Gasteiger charge is 2.49. The van der Waals surface area contributed by atoms with Gasteiger partial charge in [0.2, 0.25) is 43.6 Å². The van der Waals surface area contributed by atoms with Gasteiger partial charge in [-0.15, -0.1) is 5.10 Å². The molecule has 39 heteroatoms. The van der Waals surface area contributed by atoms with Gasteiger partial charge in [0.25, 0.3) is 0 Å². The van der Waals surface area contributed by atoms with E-state index in [9.17, 15) is 138 Å². The molecule has 0 saturated carbocycles. The number of aromatic nitrogens is 3. The standard InChI is InChI=1S/C48H76N4O35/c1-2-26(59)49-15-18-16-52(51-50-18)17-25-41-33(66)40(73)48(86-25)85-24(8-14-58)32(65)38(71)46(78)83-22(6-12-56)30(63)36(69)44(76)81-20(4-10-54)28(61)34(67)42(74)80-19(3-9-53)27(60)35(68)43(75)82-21(5-11-55)29(62)37(70)45(77)84-23(7-13-57)31(64)39(72)47(79)87-41/h2,16,19-25,33,40-48,53-58,60-79H,1,3-15,17H2,(H,49,59)/b34-28+,35-27+,36-30-,37-29-,38-32-,39-31+. The monoisotopic (exact) mass is 1270 g/mol. The average molecular weight is 1270 g/mol. The van der Waals surface area contributed by atoms with Gasteiger partial charge in [-0.25, -0.2) is 4.68 Å². The van der Waals surface area contributed by atoms with Gasteiger partial charge in [-0.1, -0.05) is 11.8 Å². The van der Waals surface area contributed by atoms with E-state index in [1.807, 2.05) is 0 Å². The Hall–Kier alpha value is -6.49. The number of rotatable bonds is 17. The number of aliphatic hydroxyl groups is 26. The van der Waals surface area contributed by atoms with Gasteiger partial charge in [0.05, 0.1) is 19.3 Å². The van der Waals surface area contributed by atoms with Gasteiger partial charge in [-0.05, 0) is 6.08 Å². The van der Waals surface area contributed by atoms with Crippen molar-refractivity contribution in [1.29, 1.82) is 0 Å². The summed E-state index contributed by atoms with van der Waals surface area (Å²) in [5.41, 5.74) is 0.0744. The minimum Gasteiger partial charge on any atom is -0.506 e. The van der Waals surface area contributed by atoms with Crippen LogP contribution in [0.4, 0.5) is 0 Å². The first-order valence-corrected chi connectivity index (χ1v) is 25.9. The molecule has 1 fully saturated rings. The van der Waals surface area contributed by atoms with Gasteiger partial charge in [0.15, 0.2) is 75.4 Å². The summed E-state index contributed by atoms with van der Waals surface area (Å²) in [7, 11) is 0. The molecule has 2 bridgehead atoms. The van der Waals surface area contributed by atoms with Crippen LogP contribution in [0, 0.1) is 0 Å². The van der Waals surface area contributed by atoms with E-state index >= 15 is 0 Å². The lowest BCUT2D eigenvalue weighted by Crippen LogP contribution is -2.61. The van der Waals surface area contributed by atoms with Crippen LogP contribution in [0.25, 0.3) is 0 Å². The number of nitrogens with zero attached hydrogens (tertiary/aromatic N) is 3. The Morgan fingerprint density at radius 2 is 0.724 bits per heavy atom. The van der Waals surface area contributed by atoms with Crippen LogP contribution in [0.2, 0.25) is 0 Å². The number of hydrogen-bond acceptors (Lipinski definition) is 37. The molecule has 1 saturated heterocycles. The third-order valence-electron chi connectivity index (χ3n) is 12.4. The molecule has 3 aliphatic heterocycles. The summed E-state index contributed by atoms with van der Waals surface area (Å²) < 4.78 is 43.3. The van der Waals surface area contributed by atoms with E-state index in [2.05, 4.69) is 22.2 Å². The molecule has 17 unspecified atom stereocenters. The van der Waals surface area contributed by atoms with Crippen molar-refractivity contribution < 1.29 is 175 Å². The lowest BCUT2D eigenvalue weighted by molar-refractivity contribution is -0.328. The normalized spacial score (nSPS) is 37.1. The molecule has 0 radical (unpaired) electrons. The SMILES string of the molecule is C=CC(=O)NCc1cn(CC2OC3OC(CCO)/C(O)=C(/O)C(O)OC(CCO)/C(O)=C(/O)C(O)OC(CCO)/C(O)=C(\O)C(O)OC(CCO)/C(O)=C(\O)C(O)OC(CCO)/C(O)=C(/O)C(O)OC(CCO)/C(O)=C(\O)C(O)OC2C(O)C3O)nn1. The van der Waals surface area contributed by atoms with E-state index in [1.165, 1.54) is 6.20 Å². The number of nitrogens with one attached hydrogen (secondary N) is 1. The molecule has 0 aromatic carbocycles. The van der Waals surface area contributed by atoms with Crippen molar-refractivity contribution in [2.45, 2.75) is 157 Å². The van der Waals surface area contributed by atoms with E-state index in [-0.39, 0.29) is 12.2 Å². The van der Waals surface area contributed by atoms with Gasteiger partial charge in [-0.2, -0.15) is 0 Å². The summed E-state index contributed by atoms with van der Waals surface area (Å²) in [6.45, 7) is -3.55. The molecule has 4 heterocycles. The van der Waals surface area contributed by atoms with Gasteiger partial charge < -0.3 is 176 Å². The third kappa shape index (κ3) is 20.8. The quantitative estimate of drug-likeness (QED) is 0.0647. The molecule has 3 aliphatic rings. The summed E-state index contributed by atoms with van der Waals surface area (Å²) >= 11 is 0. The van der Waals surface area contributed by atoms with Crippen LogP contribution in [0.3, 0.4) is 0 Å². The fourth-order valence-electron chi connectivity index (χ4n) is 7.82. The Balaban J connectivity index is 2.30. The van der Waals surface area contributed by atoms with Gasteiger partial charge >= 0.3 is 0 Å². The maximum atomic E-state index is 11.8. The second-order valence-electron chi connectivity index (χ2n) is 18.5. The molecule has 0 aliphatic carbocycles. The molecule has 17 atom stereocenters. The Morgan fingerprint density at radius 3 is 1.01 bits per heavy atom. The second-order valence-corrected chi connectivity index (χ2v) is 18.5. The Morgan fingerprint density at radius 1 is 0.437 bits per heavy atom. The highest BCUT2D eigenvalue weighted by Crippen LogP contribution is 2.32. The molecular weight excluding hydrogens is 1190 g/mol. The van der Waals surface area contributed by atoms with Gasteiger partial charge in [0.1, 0.15) is 66.7 Å². The Kier molecular flexibility index (Phi) is 31.0. The van der Waals surface area contributed by atoms with E-state index < -0.39 is 265 Å². The van der Waals surface area contributed by atoms with Crippen LogP contribution in [-0.2, 0) is 55.8 Å². The highest BCUT2D eigenvalue weighted by molar-refractivity contribution is 5.86. The number of carbonyl (C=O) groups is 1. The van der Waals surface area contributed by atoms with Crippen molar-refractivity contribution in [2.24, 2.45) is 0 Å². The first-order chi connectivity index (χ1) is 41.1. The summed E-state index contributed by atoms with van der Waals surface area (Å²) in [6, 6.07) is 0. The predicted octanol–water partition coefficient (Wildman–Crippen LogP) is -5.59. The smallest absolute Gasteiger partial charge is 0.243 e. The molecule has 498 valence electrons. The van der Waals surface area contributed by atoms with E-state index in [0.717, 1.165) is 10.8 Å². The first-order valence-electron chi connectivity index (χ1n) is 25.9. The van der Waals surface area contributed by atoms with Crippen LogP contribution in [0.1, 0.15) is 44.2 Å². The zero-order valence-corrected chi connectivity index (χ0v) is 45.7. The van der Waals surface area contributed by atoms with Gasteiger partial charge in [-0.3, -0.25) is 4.79 Å². The van der Waals surface area contributed by atoms with E-state index in [4.69, 9.17) is 37.9 Å². The molecule has 27 N–H and O–H groups in total. The zero-order valence-electron chi connectivity index (χ0n) is 45.7. The third-order valence-corrected chi connectivity index (χ3v) is 12.4. The molecule has 0 spiro atoms. The average Bonchev–Trinajstić information content (AvgIpc) is 1.96. The van der Waals surface area contributed by atoms with Crippen LogP contribution in [-0.4, -0.2) is 298 Å². The van der Waals surface area contributed by atoms with Crippen LogP contribution < -0.4 is 5.32 Å². The van der Waals surface area contributed by atoms with E-state index in [0.29, 0.717) is 0 Å². The van der Waals surface area contributed by atoms with E-state index in [1.54, 1.807) is 0 Å². The summed E-state index contributed by atoms with van der Waals surface area (Å²) in [5, 5.41) is 288. The van der Waals surface area contributed by atoms with Crippen molar-refractivity contribution in [1.82, 2.24) is 20.3 Å². The molecule has 1 aromatic rings. The maximum Gasteiger partial charge on any atom is 0.243 e. The van der Waals surface area contributed by atoms with Crippen LogP contribution in [0.5, 0.6) is 0 Å². The van der Waals surface area contributed by atoms with Crippen molar-refractivity contribution in [3.63, 3.8) is 0 Å². The topological polar surface area (TPSA) is 660 Å². The molecule has 1 aromatic heterocycles. The van der Waals surface area contributed by atoms with Crippen molar-refractivity contribution in [3.05, 3.63) is 93.7 Å². The molecular formula is C48H76N4O35. The zero-order chi connectivity index (χ0) is 65.6. The summed E-state index contributed by atoms with van der Waals surface area (Å²) in [5.74, 6) is -19.9. The molecule has 1 amide bonds. The minimum absolute atomic E-state index is 0.0744. The van der Waals surface area contributed by atoms with Crippen molar-refractivity contribution in [3.8, 4) is 0 Å². The number of fused-ring (bicyclic) bond motifs is 26. The van der Waals surface area contributed by atoms with Gasteiger partial charge in [0, 0.05) is 78.2 Å². The largest absolute Gasteiger partial charge is 0.506 e. The number of carbonyl (C=O) groups excluding carboxylic acids is 1. The molecule has 87 heavy (non-hydrogen) atoms. The summed E-state index contributed by atoms with van der Waals surface area (Å²) in [4.78, 5) is 11.8. The predicted molar refractivity (Wildman–Crippen MR) is 277 cm³/mol. The maximum absolute atomic E-state index is 11.8. The fraction of sp³-hybridized carbons (Fsp3) is 0.646. The lowest BCUT2D eigenvalue weighted by Gasteiger charge is -2.43.